The molecule has 1 aromatic rings. The minimum absolute atomic E-state index is 0.0473. The number of hydrogen-bond donors (Lipinski definition) is 2. The van der Waals surface area contributed by atoms with Crippen LogP contribution in [0.25, 0.3) is 0 Å². The molecule has 0 aromatic heterocycles. The Balaban J connectivity index is 1.19. The highest BCUT2D eigenvalue weighted by Gasteiger charge is 2.56. The maximum Gasteiger partial charge on any atom is 0.407 e. The van der Waals surface area contributed by atoms with Crippen molar-refractivity contribution >= 4 is 23.6 Å². The molecule has 2 amide bonds. The predicted octanol–water partition coefficient (Wildman–Crippen LogP) is 3.61. The Labute approximate surface area is 165 Å². The first kappa shape index (κ1) is 18.6. The lowest BCUT2D eigenvalue weighted by molar-refractivity contribution is -0.122. The molecule has 5 nitrogen and oxygen atoms in total. The molecule has 4 aliphatic rings. The van der Waals surface area contributed by atoms with Crippen molar-refractivity contribution in [1.82, 2.24) is 10.6 Å². The second-order valence-electron chi connectivity index (χ2n) is 8.80. The monoisotopic (exact) mass is 390 g/mol. The maximum atomic E-state index is 12.2. The van der Waals surface area contributed by atoms with E-state index in [-0.39, 0.29) is 29.3 Å². The summed E-state index contributed by atoms with van der Waals surface area (Å²) in [6.45, 7) is 0.786. The highest BCUT2D eigenvalue weighted by Crippen LogP contribution is 2.63. The molecule has 2 atom stereocenters. The fourth-order valence-electron chi connectivity index (χ4n) is 5.82. The molecule has 146 valence electrons. The van der Waals surface area contributed by atoms with Crippen molar-refractivity contribution in [1.29, 1.82) is 0 Å². The van der Waals surface area contributed by atoms with Gasteiger partial charge >= 0.3 is 6.09 Å². The molecule has 2 unspecified atom stereocenters. The Kier molecular flexibility index (Phi) is 5.06. The van der Waals surface area contributed by atoms with Crippen LogP contribution in [-0.2, 0) is 16.1 Å². The summed E-state index contributed by atoms with van der Waals surface area (Å²) in [5.74, 6) is 1.25. The van der Waals surface area contributed by atoms with E-state index in [1.165, 1.54) is 19.3 Å². The summed E-state index contributed by atoms with van der Waals surface area (Å²) in [5, 5.41) is 5.54. The number of nitrogens with one attached hydrogen (secondary N) is 2. The Morgan fingerprint density at radius 1 is 1.07 bits per heavy atom. The summed E-state index contributed by atoms with van der Waals surface area (Å²) in [7, 11) is 0. The van der Waals surface area contributed by atoms with E-state index in [4.69, 9.17) is 16.3 Å². The van der Waals surface area contributed by atoms with E-state index in [1.807, 2.05) is 30.3 Å². The molecule has 27 heavy (non-hydrogen) atoms. The number of carbonyl (C=O) groups excluding carboxylic acids is 2. The smallest absolute Gasteiger partial charge is 0.407 e. The van der Waals surface area contributed by atoms with Crippen molar-refractivity contribution in [2.45, 2.75) is 50.0 Å². The summed E-state index contributed by atoms with van der Waals surface area (Å²) in [6, 6.07) is 9.45. The number of benzene rings is 1. The Bertz CT molecular complexity index is 695. The first-order valence-electron chi connectivity index (χ1n) is 9.84. The van der Waals surface area contributed by atoms with Crippen LogP contribution in [0.4, 0.5) is 4.79 Å². The third-order valence-corrected chi connectivity index (χ3v) is 6.82. The van der Waals surface area contributed by atoms with Crippen LogP contribution in [0.3, 0.4) is 0 Å². The molecule has 1 aromatic carbocycles. The molecular weight excluding hydrogens is 364 g/mol. The second kappa shape index (κ2) is 7.34. The van der Waals surface area contributed by atoms with Gasteiger partial charge in [0.1, 0.15) is 6.61 Å². The molecule has 0 heterocycles. The highest BCUT2D eigenvalue weighted by atomic mass is 35.5. The molecule has 4 aliphatic carbocycles. The first-order valence-corrected chi connectivity index (χ1v) is 10.2. The van der Waals surface area contributed by atoms with Crippen molar-refractivity contribution in [2.75, 3.05) is 13.1 Å². The van der Waals surface area contributed by atoms with Gasteiger partial charge < -0.3 is 15.4 Å². The molecule has 4 fully saturated rings. The minimum atomic E-state index is -0.580. The van der Waals surface area contributed by atoms with Gasteiger partial charge in [-0.3, -0.25) is 4.79 Å². The Morgan fingerprint density at radius 2 is 1.78 bits per heavy atom. The lowest BCUT2D eigenvalue weighted by Gasteiger charge is -2.60. The Hall–Kier alpha value is -1.75. The normalized spacial score (nSPS) is 33.5. The van der Waals surface area contributed by atoms with E-state index < -0.39 is 6.09 Å². The van der Waals surface area contributed by atoms with Crippen molar-refractivity contribution in [3.8, 4) is 0 Å². The molecule has 4 saturated carbocycles. The van der Waals surface area contributed by atoms with Crippen molar-refractivity contribution in [3.63, 3.8) is 0 Å². The van der Waals surface area contributed by atoms with E-state index in [2.05, 4.69) is 10.6 Å². The van der Waals surface area contributed by atoms with Gasteiger partial charge in [0.15, 0.2) is 0 Å². The summed E-state index contributed by atoms with van der Waals surface area (Å²) in [4.78, 5) is 23.9. The number of amides is 2. The average Bonchev–Trinajstić information content (AvgIpc) is 2.62. The summed E-state index contributed by atoms with van der Waals surface area (Å²) in [5.41, 5.74) is 1.06. The molecule has 0 saturated heterocycles. The molecule has 0 spiro atoms. The van der Waals surface area contributed by atoms with Gasteiger partial charge in [0, 0.05) is 11.4 Å². The molecule has 6 heteroatoms. The van der Waals surface area contributed by atoms with Crippen LogP contribution >= 0.6 is 11.6 Å². The van der Waals surface area contributed by atoms with Crippen LogP contribution in [0.5, 0.6) is 0 Å². The number of alkyl halides is 1. The SMILES string of the molecule is O=C(CNC(=O)OCc1ccccc1)NCC12CC3CC(CC(Cl)(C3)C1)C2. The van der Waals surface area contributed by atoms with Crippen LogP contribution in [0.15, 0.2) is 30.3 Å². The van der Waals surface area contributed by atoms with E-state index in [0.29, 0.717) is 18.4 Å². The van der Waals surface area contributed by atoms with E-state index in [9.17, 15) is 9.59 Å². The van der Waals surface area contributed by atoms with Gasteiger partial charge in [0.25, 0.3) is 0 Å². The number of halogens is 1. The predicted molar refractivity (Wildman–Crippen MR) is 103 cm³/mol. The van der Waals surface area contributed by atoms with Crippen LogP contribution in [0, 0.1) is 17.3 Å². The van der Waals surface area contributed by atoms with Crippen molar-refractivity contribution in [3.05, 3.63) is 35.9 Å². The van der Waals surface area contributed by atoms with Gasteiger partial charge in [0.05, 0.1) is 6.54 Å². The lowest BCUT2D eigenvalue weighted by atomic mass is 9.49. The topological polar surface area (TPSA) is 67.4 Å². The maximum absolute atomic E-state index is 12.2. The summed E-state index contributed by atoms with van der Waals surface area (Å²) < 4.78 is 5.12. The highest BCUT2D eigenvalue weighted by molar-refractivity contribution is 6.24. The van der Waals surface area contributed by atoms with E-state index in [0.717, 1.165) is 24.8 Å². The van der Waals surface area contributed by atoms with Crippen molar-refractivity contribution in [2.24, 2.45) is 17.3 Å². The van der Waals surface area contributed by atoms with Crippen LogP contribution in [0.1, 0.15) is 44.1 Å². The largest absolute Gasteiger partial charge is 0.445 e. The third kappa shape index (κ3) is 4.40. The third-order valence-electron chi connectivity index (χ3n) is 6.38. The molecule has 0 radical (unpaired) electrons. The van der Waals surface area contributed by atoms with Crippen LogP contribution in [0.2, 0.25) is 0 Å². The number of carbonyl (C=O) groups is 2. The van der Waals surface area contributed by atoms with Crippen LogP contribution in [-0.4, -0.2) is 30.0 Å². The first-order chi connectivity index (χ1) is 12.9. The lowest BCUT2D eigenvalue weighted by Crippen LogP contribution is -2.57. The minimum Gasteiger partial charge on any atom is -0.445 e. The van der Waals surface area contributed by atoms with Crippen LogP contribution < -0.4 is 10.6 Å². The molecule has 2 N–H and O–H groups in total. The zero-order chi connectivity index (χ0) is 18.9. The van der Waals surface area contributed by atoms with Gasteiger partial charge in [-0.15, -0.1) is 11.6 Å². The van der Waals surface area contributed by atoms with Crippen molar-refractivity contribution < 1.29 is 14.3 Å². The quantitative estimate of drug-likeness (QED) is 0.729. The van der Waals surface area contributed by atoms with E-state index >= 15 is 0 Å². The van der Waals surface area contributed by atoms with Gasteiger partial charge in [-0.25, -0.2) is 4.79 Å². The number of alkyl carbamates (subject to hydrolysis) is 1. The van der Waals surface area contributed by atoms with Gasteiger partial charge in [-0.1, -0.05) is 30.3 Å². The number of hydrogen-bond acceptors (Lipinski definition) is 3. The summed E-state index contributed by atoms with van der Waals surface area (Å²) in [6.07, 6.45) is 6.34. The van der Waals surface area contributed by atoms with Gasteiger partial charge in [-0.05, 0) is 61.3 Å². The zero-order valence-corrected chi connectivity index (χ0v) is 16.3. The van der Waals surface area contributed by atoms with E-state index in [1.54, 1.807) is 0 Å². The Morgan fingerprint density at radius 3 is 2.44 bits per heavy atom. The summed E-state index contributed by atoms with van der Waals surface area (Å²) >= 11 is 6.84. The van der Waals surface area contributed by atoms with Gasteiger partial charge in [-0.2, -0.15) is 0 Å². The molecule has 0 aliphatic heterocycles. The molecule has 4 bridgehead atoms. The second-order valence-corrected chi connectivity index (χ2v) is 9.61. The fourth-order valence-corrected chi connectivity index (χ4v) is 6.54. The fraction of sp³-hybridized carbons (Fsp3) is 0.619. The molecular formula is C21H27ClN2O3. The van der Waals surface area contributed by atoms with Gasteiger partial charge in [0.2, 0.25) is 5.91 Å². The molecule has 5 rings (SSSR count). The average molecular weight is 391 g/mol. The zero-order valence-electron chi connectivity index (χ0n) is 15.5. The number of rotatable bonds is 6. The number of ether oxygens (including phenoxy) is 1. The standard InChI is InChI=1S/C21H27ClN2O3/c22-21-9-16-6-17(10-21)8-20(7-16,13-21)14-24-18(25)11-23-19(26)27-12-15-4-2-1-3-5-15/h1-5,16-17H,6-14H2,(H,23,26)(H,24,25).